The maximum Gasteiger partial charge on any atom is 0.347 e. The first-order valence-electron chi connectivity index (χ1n) is 14.5. The standard InChI is InChI=1S/C33H40O7/c1-4-28(39-32-20(3)10-11-21-7-5-6-8-27(21)32)33(37)40-29-17-23(34)15-22-12-9-19(2)26(31(22)29)14-13-25-16-24(35)18-30(36)38-25/h5-12,15,19,23-26,28-29,31,34-35H,4,13-14,16-18H2,1-3H3/t19?,23?,24-,25-,26?,28+,29?,31?/m1/s1. The van der Waals surface area contributed by atoms with Gasteiger partial charge in [-0.15, -0.1) is 0 Å². The Hall–Kier alpha value is -3.16. The van der Waals surface area contributed by atoms with Gasteiger partial charge in [0.15, 0.2) is 6.10 Å². The summed E-state index contributed by atoms with van der Waals surface area (Å²) in [5.41, 5.74) is 1.92. The average Bonchev–Trinajstić information content (AvgIpc) is 2.91. The van der Waals surface area contributed by atoms with Gasteiger partial charge in [-0.25, -0.2) is 4.79 Å². The van der Waals surface area contributed by atoms with E-state index in [2.05, 4.69) is 13.0 Å². The average molecular weight is 549 g/mol. The van der Waals surface area contributed by atoms with Crippen molar-refractivity contribution in [3.63, 3.8) is 0 Å². The largest absolute Gasteiger partial charge is 0.478 e. The van der Waals surface area contributed by atoms with Gasteiger partial charge in [-0.3, -0.25) is 4.79 Å². The van der Waals surface area contributed by atoms with Crippen LogP contribution in [0, 0.1) is 24.7 Å². The molecule has 0 amide bonds. The van der Waals surface area contributed by atoms with Crippen LogP contribution < -0.4 is 4.74 Å². The number of allylic oxidation sites excluding steroid dienone is 2. The van der Waals surface area contributed by atoms with E-state index in [9.17, 15) is 19.8 Å². The third-order valence-corrected chi connectivity index (χ3v) is 8.67. The number of rotatable bonds is 8. The summed E-state index contributed by atoms with van der Waals surface area (Å²) in [5, 5.41) is 22.7. The zero-order chi connectivity index (χ0) is 28.4. The van der Waals surface area contributed by atoms with Crippen LogP contribution in [0.25, 0.3) is 10.8 Å². The number of esters is 2. The zero-order valence-electron chi connectivity index (χ0n) is 23.5. The van der Waals surface area contributed by atoms with Crippen molar-refractivity contribution in [1.82, 2.24) is 0 Å². The molecule has 1 heterocycles. The number of aryl methyl sites for hydroxylation is 1. The summed E-state index contributed by atoms with van der Waals surface area (Å²) in [4.78, 5) is 25.4. The summed E-state index contributed by atoms with van der Waals surface area (Å²) in [5.74, 6) is 0.134. The summed E-state index contributed by atoms with van der Waals surface area (Å²) >= 11 is 0. The number of cyclic esters (lactones) is 1. The lowest BCUT2D eigenvalue weighted by molar-refractivity contribution is -0.165. The Morgan fingerprint density at radius 2 is 1.93 bits per heavy atom. The number of ether oxygens (including phenoxy) is 3. The quantitative estimate of drug-likeness (QED) is 0.438. The van der Waals surface area contributed by atoms with Crippen LogP contribution in [-0.4, -0.2) is 52.7 Å². The molecule has 0 radical (unpaired) electrons. The molecule has 40 heavy (non-hydrogen) atoms. The van der Waals surface area contributed by atoms with Gasteiger partial charge >= 0.3 is 11.9 Å². The SMILES string of the molecule is CC[C@H](Oc1c(C)ccc2ccccc12)C(=O)OC1CC(O)C=C2C=CC(C)C(CC[C@@H]3C[C@@H](O)CC(=O)O3)C21. The van der Waals surface area contributed by atoms with Gasteiger partial charge in [0.2, 0.25) is 0 Å². The summed E-state index contributed by atoms with van der Waals surface area (Å²) < 4.78 is 18.0. The van der Waals surface area contributed by atoms with E-state index < -0.39 is 30.4 Å². The minimum absolute atomic E-state index is 0.0451. The first-order chi connectivity index (χ1) is 19.2. The lowest BCUT2D eigenvalue weighted by Crippen LogP contribution is -2.44. The summed E-state index contributed by atoms with van der Waals surface area (Å²) in [7, 11) is 0. The van der Waals surface area contributed by atoms with Crippen molar-refractivity contribution in [3.8, 4) is 5.75 Å². The summed E-state index contributed by atoms with van der Waals surface area (Å²) in [6.45, 7) is 6.02. The van der Waals surface area contributed by atoms with E-state index in [-0.39, 0.29) is 36.2 Å². The molecule has 7 nitrogen and oxygen atoms in total. The van der Waals surface area contributed by atoms with Crippen LogP contribution >= 0.6 is 0 Å². The number of fused-ring (bicyclic) bond motifs is 2. The highest BCUT2D eigenvalue weighted by Crippen LogP contribution is 2.44. The Kier molecular flexibility index (Phi) is 8.62. The predicted molar refractivity (Wildman–Crippen MR) is 152 cm³/mol. The second-order valence-corrected chi connectivity index (χ2v) is 11.6. The number of carbonyl (C=O) groups excluding carboxylic acids is 2. The molecule has 2 aliphatic carbocycles. The number of hydrogen-bond acceptors (Lipinski definition) is 7. The number of aliphatic hydroxyl groups is 2. The van der Waals surface area contributed by atoms with Crippen molar-refractivity contribution in [1.29, 1.82) is 0 Å². The van der Waals surface area contributed by atoms with Gasteiger partial charge in [0.1, 0.15) is 18.0 Å². The molecule has 2 N–H and O–H groups in total. The van der Waals surface area contributed by atoms with E-state index >= 15 is 0 Å². The fraction of sp³-hybridized carbons (Fsp3) is 0.515. The lowest BCUT2D eigenvalue weighted by Gasteiger charge is -2.43. The highest BCUT2D eigenvalue weighted by atomic mass is 16.6. The molecule has 1 saturated heterocycles. The molecule has 3 aliphatic rings. The summed E-state index contributed by atoms with van der Waals surface area (Å²) in [6, 6.07) is 12.0. The Morgan fingerprint density at radius 3 is 2.70 bits per heavy atom. The van der Waals surface area contributed by atoms with Gasteiger partial charge in [-0.1, -0.05) is 68.5 Å². The number of carbonyl (C=O) groups is 2. The Balaban J connectivity index is 1.33. The van der Waals surface area contributed by atoms with E-state index in [4.69, 9.17) is 14.2 Å². The monoisotopic (exact) mass is 548 g/mol. The maximum atomic E-state index is 13.6. The molecule has 5 unspecified atom stereocenters. The summed E-state index contributed by atoms with van der Waals surface area (Å²) in [6.07, 6.45) is 5.65. The minimum atomic E-state index is -0.783. The smallest absolute Gasteiger partial charge is 0.347 e. The third kappa shape index (κ3) is 6.11. The molecule has 2 aromatic rings. The molecule has 0 saturated carbocycles. The number of benzene rings is 2. The molecular weight excluding hydrogens is 508 g/mol. The topological polar surface area (TPSA) is 102 Å². The van der Waals surface area contributed by atoms with Crippen molar-refractivity contribution in [2.75, 3.05) is 0 Å². The number of hydrogen-bond donors (Lipinski definition) is 2. The van der Waals surface area contributed by atoms with Gasteiger partial charge in [-0.05, 0) is 54.5 Å². The van der Waals surface area contributed by atoms with Crippen LogP contribution in [0.15, 0.2) is 60.2 Å². The first-order valence-corrected chi connectivity index (χ1v) is 14.5. The molecule has 2 aromatic carbocycles. The van der Waals surface area contributed by atoms with Crippen LogP contribution in [0.2, 0.25) is 0 Å². The van der Waals surface area contributed by atoms with Crippen LogP contribution in [0.5, 0.6) is 5.75 Å². The van der Waals surface area contributed by atoms with E-state index in [0.717, 1.165) is 28.3 Å². The van der Waals surface area contributed by atoms with E-state index in [1.807, 2.05) is 62.4 Å². The van der Waals surface area contributed by atoms with Gasteiger partial charge in [-0.2, -0.15) is 0 Å². The van der Waals surface area contributed by atoms with Gasteiger partial charge < -0.3 is 24.4 Å². The van der Waals surface area contributed by atoms with Gasteiger partial charge in [0.05, 0.1) is 18.6 Å². The molecule has 1 aliphatic heterocycles. The maximum absolute atomic E-state index is 13.6. The second kappa shape index (κ2) is 12.1. The zero-order valence-corrected chi connectivity index (χ0v) is 23.5. The third-order valence-electron chi connectivity index (χ3n) is 8.67. The van der Waals surface area contributed by atoms with Crippen molar-refractivity contribution < 1.29 is 34.0 Å². The van der Waals surface area contributed by atoms with E-state index in [1.165, 1.54) is 0 Å². The van der Waals surface area contributed by atoms with Crippen LogP contribution in [0.4, 0.5) is 0 Å². The second-order valence-electron chi connectivity index (χ2n) is 11.6. The van der Waals surface area contributed by atoms with Crippen LogP contribution in [0.3, 0.4) is 0 Å². The number of aliphatic hydroxyl groups excluding tert-OH is 2. The lowest BCUT2D eigenvalue weighted by atomic mass is 9.66. The molecule has 0 bridgehead atoms. The predicted octanol–water partition coefficient (Wildman–Crippen LogP) is 5.19. The van der Waals surface area contributed by atoms with Crippen LogP contribution in [0.1, 0.15) is 57.9 Å². The Labute approximate surface area is 235 Å². The van der Waals surface area contributed by atoms with Crippen LogP contribution in [-0.2, 0) is 19.1 Å². The molecule has 1 fully saturated rings. The Morgan fingerprint density at radius 1 is 1.12 bits per heavy atom. The molecule has 5 rings (SSSR count). The van der Waals surface area contributed by atoms with Gasteiger partial charge in [0.25, 0.3) is 0 Å². The molecular formula is C33H40O7. The minimum Gasteiger partial charge on any atom is -0.478 e. The fourth-order valence-electron chi connectivity index (χ4n) is 6.58. The van der Waals surface area contributed by atoms with Crippen molar-refractivity contribution in [3.05, 3.63) is 65.8 Å². The molecule has 8 atom stereocenters. The fourth-order valence-corrected chi connectivity index (χ4v) is 6.58. The molecule has 7 heteroatoms. The highest BCUT2D eigenvalue weighted by Gasteiger charge is 2.43. The molecule has 0 spiro atoms. The first kappa shape index (κ1) is 28.4. The van der Waals surface area contributed by atoms with E-state index in [0.29, 0.717) is 31.4 Å². The normalized spacial score (nSPS) is 30.7. The van der Waals surface area contributed by atoms with Crippen molar-refractivity contribution in [2.24, 2.45) is 17.8 Å². The Bertz CT molecular complexity index is 1300. The highest BCUT2D eigenvalue weighted by molar-refractivity contribution is 5.90. The van der Waals surface area contributed by atoms with Crippen molar-refractivity contribution >= 4 is 22.7 Å². The van der Waals surface area contributed by atoms with E-state index in [1.54, 1.807) is 0 Å². The molecule has 0 aromatic heterocycles. The van der Waals surface area contributed by atoms with Crippen molar-refractivity contribution in [2.45, 2.75) is 89.8 Å². The van der Waals surface area contributed by atoms with Gasteiger partial charge in [0, 0.05) is 24.1 Å². The molecule has 214 valence electrons.